The Hall–Kier alpha value is -1.30. The Morgan fingerprint density at radius 2 is 2.24 bits per heavy atom. The summed E-state index contributed by atoms with van der Waals surface area (Å²) in [6.45, 7) is 1.95. The van der Waals surface area contributed by atoms with E-state index in [2.05, 4.69) is 10.6 Å². The van der Waals surface area contributed by atoms with E-state index in [1.54, 1.807) is 6.92 Å². The van der Waals surface area contributed by atoms with Gasteiger partial charge in [0, 0.05) is 0 Å². The largest absolute Gasteiger partial charge is 0.465 e. The fraction of sp³-hybridized carbons (Fsp3) is 0.818. The van der Waals surface area contributed by atoms with Gasteiger partial charge < -0.3 is 20.1 Å². The van der Waals surface area contributed by atoms with Crippen LogP contribution < -0.4 is 10.6 Å². The molecule has 2 rings (SSSR count). The van der Waals surface area contributed by atoms with Crippen molar-refractivity contribution in [3.8, 4) is 0 Å². The zero-order chi connectivity index (χ0) is 12.3. The van der Waals surface area contributed by atoms with Crippen LogP contribution in [0.1, 0.15) is 26.2 Å². The highest BCUT2D eigenvalue weighted by molar-refractivity contribution is 5.80. The van der Waals surface area contributed by atoms with E-state index >= 15 is 0 Å². The normalized spacial score (nSPS) is 30.1. The van der Waals surface area contributed by atoms with Crippen LogP contribution in [-0.2, 0) is 14.3 Å². The Morgan fingerprint density at radius 3 is 2.82 bits per heavy atom. The first kappa shape index (κ1) is 12.2. The molecule has 0 aromatic rings. The topological polar surface area (TPSA) is 76.7 Å². The summed E-state index contributed by atoms with van der Waals surface area (Å²) in [7, 11) is 0. The highest BCUT2D eigenvalue weighted by Crippen LogP contribution is 2.34. The van der Waals surface area contributed by atoms with Crippen molar-refractivity contribution in [1.29, 1.82) is 0 Å². The minimum atomic E-state index is -0.424. The molecule has 2 aliphatic rings. The van der Waals surface area contributed by atoms with Crippen molar-refractivity contribution in [3.05, 3.63) is 0 Å². The third-order valence-electron chi connectivity index (χ3n) is 3.12. The summed E-state index contributed by atoms with van der Waals surface area (Å²) in [5.74, 6) is -0.424. The minimum absolute atomic E-state index is 0.0796. The lowest BCUT2D eigenvalue weighted by molar-refractivity contribution is -0.141. The summed E-state index contributed by atoms with van der Waals surface area (Å²) in [5.41, 5.74) is 0. The Morgan fingerprint density at radius 1 is 1.41 bits per heavy atom. The number of hydrogen-bond acceptors (Lipinski definition) is 4. The van der Waals surface area contributed by atoms with Gasteiger partial charge in [0.2, 0.25) is 0 Å². The molecule has 2 N–H and O–H groups in total. The van der Waals surface area contributed by atoms with Crippen molar-refractivity contribution in [1.82, 2.24) is 10.6 Å². The molecule has 2 heterocycles. The van der Waals surface area contributed by atoms with Crippen LogP contribution in [0.2, 0.25) is 0 Å². The molecule has 2 amide bonds. The lowest BCUT2D eigenvalue weighted by Gasteiger charge is -2.20. The molecular weight excluding hydrogens is 224 g/mol. The summed E-state index contributed by atoms with van der Waals surface area (Å²) in [5, 5.41) is 5.30. The van der Waals surface area contributed by atoms with E-state index in [4.69, 9.17) is 9.47 Å². The van der Waals surface area contributed by atoms with E-state index in [9.17, 15) is 9.59 Å². The summed E-state index contributed by atoms with van der Waals surface area (Å²) in [4.78, 5) is 22.5. The van der Waals surface area contributed by atoms with Crippen LogP contribution in [0.4, 0.5) is 4.79 Å². The van der Waals surface area contributed by atoms with Crippen LogP contribution in [0.3, 0.4) is 0 Å². The van der Waals surface area contributed by atoms with E-state index in [-0.39, 0.29) is 24.7 Å². The average Bonchev–Trinajstić information content (AvgIpc) is 2.88. The van der Waals surface area contributed by atoms with Crippen LogP contribution in [0.15, 0.2) is 0 Å². The third-order valence-corrected chi connectivity index (χ3v) is 3.12. The molecule has 3 unspecified atom stereocenters. The smallest absolute Gasteiger partial charge is 0.325 e. The lowest BCUT2D eigenvalue weighted by Crippen LogP contribution is -2.47. The van der Waals surface area contributed by atoms with Gasteiger partial charge in [-0.15, -0.1) is 0 Å². The first-order chi connectivity index (χ1) is 8.19. The molecule has 17 heavy (non-hydrogen) atoms. The van der Waals surface area contributed by atoms with Gasteiger partial charge in [0.1, 0.15) is 6.54 Å². The van der Waals surface area contributed by atoms with Gasteiger partial charge in [0.25, 0.3) is 0 Å². The molecule has 0 radical (unpaired) electrons. The predicted octanol–water partition coefficient (Wildman–Crippen LogP) is 0.169. The van der Waals surface area contributed by atoms with E-state index in [0.29, 0.717) is 12.7 Å². The van der Waals surface area contributed by atoms with Crippen molar-refractivity contribution >= 4 is 12.0 Å². The molecule has 2 fully saturated rings. The van der Waals surface area contributed by atoms with Gasteiger partial charge in [-0.2, -0.15) is 0 Å². The van der Waals surface area contributed by atoms with Gasteiger partial charge in [-0.3, -0.25) is 4.79 Å². The van der Waals surface area contributed by atoms with Crippen molar-refractivity contribution in [2.75, 3.05) is 13.2 Å². The number of carbonyl (C=O) groups excluding carboxylic acids is 2. The number of amides is 2. The first-order valence-electron chi connectivity index (χ1n) is 6.04. The van der Waals surface area contributed by atoms with Gasteiger partial charge in [-0.1, -0.05) is 0 Å². The summed E-state index contributed by atoms with van der Waals surface area (Å²) in [6, 6.07) is -0.254. The maximum atomic E-state index is 11.5. The number of esters is 1. The Bertz CT molecular complexity index is 308. The standard InChI is InChI=1S/C11H18N2O4/c1-2-16-10(14)6-12-11(15)13-8-5-7-3-4-9(8)17-7/h7-9H,2-6H2,1H3,(H2,12,13,15). The van der Waals surface area contributed by atoms with Crippen LogP contribution in [0.25, 0.3) is 0 Å². The summed E-state index contributed by atoms with van der Waals surface area (Å²) >= 11 is 0. The lowest BCUT2D eigenvalue weighted by atomic mass is 9.96. The molecule has 0 aliphatic carbocycles. The predicted molar refractivity (Wildman–Crippen MR) is 59.5 cm³/mol. The fourth-order valence-electron chi connectivity index (χ4n) is 2.37. The maximum absolute atomic E-state index is 11.5. The quantitative estimate of drug-likeness (QED) is 0.689. The van der Waals surface area contributed by atoms with Gasteiger partial charge in [0.05, 0.1) is 24.9 Å². The SMILES string of the molecule is CCOC(=O)CNC(=O)NC1CC2CCC1O2. The molecule has 0 aromatic carbocycles. The van der Waals surface area contributed by atoms with Crippen LogP contribution >= 0.6 is 0 Å². The van der Waals surface area contributed by atoms with Gasteiger partial charge in [0.15, 0.2) is 0 Å². The molecule has 0 saturated carbocycles. The molecule has 6 nitrogen and oxygen atoms in total. The monoisotopic (exact) mass is 242 g/mol. The Kier molecular flexibility index (Phi) is 3.83. The van der Waals surface area contributed by atoms with Crippen molar-refractivity contribution in [2.24, 2.45) is 0 Å². The zero-order valence-electron chi connectivity index (χ0n) is 9.90. The van der Waals surface area contributed by atoms with Gasteiger partial charge in [-0.05, 0) is 26.2 Å². The highest BCUT2D eigenvalue weighted by Gasteiger charge is 2.41. The molecule has 2 bridgehead atoms. The zero-order valence-corrected chi connectivity index (χ0v) is 9.90. The van der Waals surface area contributed by atoms with E-state index in [0.717, 1.165) is 19.3 Å². The molecule has 96 valence electrons. The van der Waals surface area contributed by atoms with Crippen molar-refractivity contribution in [3.63, 3.8) is 0 Å². The second kappa shape index (κ2) is 5.35. The minimum Gasteiger partial charge on any atom is -0.465 e. The first-order valence-corrected chi connectivity index (χ1v) is 6.04. The number of rotatable bonds is 4. The van der Waals surface area contributed by atoms with Crippen LogP contribution in [-0.4, -0.2) is 43.4 Å². The number of urea groups is 1. The van der Waals surface area contributed by atoms with E-state index < -0.39 is 5.97 Å². The number of fused-ring (bicyclic) bond motifs is 2. The molecule has 6 heteroatoms. The van der Waals surface area contributed by atoms with Crippen LogP contribution in [0.5, 0.6) is 0 Å². The van der Waals surface area contributed by atoms with Crippen LogP contribution in [0, 0.1) is 0 Å². The molecule has 0 aromatic heterocycles. The Balaban J connectivity index is 1.66. The van der Waals surface area contributed by atoms with Gasteiger partial charge in [-0.25, -0.2) is 4.79 Å². The molecule has 2 aliphatic heterocycles. The van der Waals surface area contributed by atoms with E-state index in [1.165, 1.54) is 0 Å². The molecule has 3 atom stereocenters. The summed E-state index contributed by atoms with van der Waals surface area (Å²) < 4.78 is 10.3. The average molecular weight is 242 g/mol. The van der Waals surface area contributed by atoms with Crippen molar-refractivity contribution in [2.45, 2.75) is 44.4 Å². The number of nitrogens with one attached hydrogen (secondary N) is 2. The third kappa shape index (κ3) is 3.09. The Labute approximate surface area is 100 Å². The second-order valence-corrected chi connectivity index (χ2v) is 4.35. The molecule has 0 spiro atoms. The number of hydrogen-bond donors (Lipinski definition) is 2. The summed E-state index contributed by atoms with van der Waals surface area (Å²) in [6.07, 6.45) is 3.42. The maximum Gasteiger partial charge on any atom is 0.325 e. The molecule has 2 saturated heterocycles. The highest BCUT2D eigenvalue weighted by atomic mass is 16.5. The molecular formula is C11H18N2O4. The van der Waals surface area contributed by atoms with Gasteiger partial charge >= 0.3 is 12.0 Å². The number of ether oxygens (including phenoxy) is 2. The fourth-order valence-corrected chi connectivity index (χ4v) is 2.37. The second-order valence-electron chi connectivity index (χ2n) is 4.35. The number of carbonyl (C=O) groups is 2. The van der Waals surface area contributed by atoms with E-state index in [1.807, 2.05) is 0 Å². The van der Waals surface area contributed by atoms with Crippen molar-refractivity contribution < 1.29 is 19.1 Å².